The fourth-order valence-corrected chi connectivity index (χ4v) is 1.45. The monoisotopic (exact) mass is 253 g/mol. The molecular weight excluding hydrogens is 234 g/mol. The van der Waals surface area contributed by atoms with Crippen molar-refractivity contribution < 1.29 is 19.4 Å². The molecule has 18 heavy (non-hydrogen) atoms. The van der Waals surface area contributed by atoms with Gasteiger partial charge in [0, 0.05) is 18.3 Å². The summed E-state index contributed by atoms with van der Waals surface area (Å²) >= 11 is 0. The van der Waals surface area contributed by atoms with Crippen LogP contribution in [0.15, 0.2) is 18.2 Å². The van der Waals surface area contributed by atoms with Crippen LogP contribution in [0, 0.1) is 0 Å². The SMILES string of the molecule is COc1ccc(NCCC(=O)O)cc1OC(C)C. The molecular formula is C13H19NO4. The molecule has 1 rings (SSSR count). The predicted molar refractivity (Wildman–Crippen MR) is 69.5 cm³/mol. The van der Waals surface area contributed by atoms with Gasteiger partial charge in [-0.05, 0) is 26.0 Å². The molecule has 0 aromatic heterocycles. The van der Waals surface area contributed by atoms with Crippen molar-refractivity contribution in [1.29, 1.82) is 0 Å². The third-order valence-electron chi connectivity index (χ3n) is 2.19. The zero-order valence-electron chi connectivity index (χ0n) is 10.9. The second-order valence-corrected chi connectivity index (χ2v) is 4.10. The van der Waals surface area contributed by atoms with Crippen molar-refractivity contribution in [2.75, 3.05) is 19.0 Å². The van der Waals surface area contributed by atoms with Gasteiger partial charge in [-0.15, -0.1) is 0 Å². The first-order valence-electron chi connectivity index (χ1n) is 5.83. The maximum Gasteiger partial charge on any atom is 0.305 e. The number of ether oxygens (including phenoxy) is 2. The van der Waals surface area contributed by atoms with E-state index in [9.17, 15) is 4.79 Å². The van der Waals surface area contributed by atoms with Gasteiger partial charge < -0.3 is 19.9 Å². The summed E-state index contributed by atoms with van der Waals surface area (Å²) in [6.07, 6.45) is 0.125. The molecule has 0 radical (unpaired) electrons. The van der Waals surface area contributed by atoms with Crippen molar-refractivity contribution in [2.45, 2.75) is 26.4 Å². The maximum absolute atomic E-state index is 10.4. The number of methoxy groups -OCH3 is 1. The number of carboxylic acid groups (broad SMARTS) is 1. The van der Waals surface area contributed by atoms with Crippen LogP contribution < -0.4 is 14.8 Å². The van der Waals surface area contributed by atoms with Crippen molar-refractivity contribution in [3.63, 3.8) is 0 Å². The van der Waals surface area contributed by atoms with Crippen LogP contribution in [-0.2, 0) is 4.79 Å². The van der Waals surface area contributed by atoms with Crippen LogP contribution in [0.4, 0.5) is 5.69 Å². The average molecular weight is 253 g/mol. The Hall–Kier alpha value is -1.91. The molecule has 0 heterocycles. The molecule has 0 bridgehead atoms. The average Bonchev–Trinajstić information content (AvgIpc) is 2.28. The van der Waals surface area contributed by atoms with Crippen molar-refractivity contribution in [2.24, 2.45) is 0 Å². The number of aliphatic carboxylic acids is 1. The summed E-state index contributed by atoms with van der Waals surface area (Å²) in [6.45, 7) is 4.25. The number of carboxylic acids is 1. The smallest absolute Gasteiger partial charge is 0.305 e. The minimum absolute atomic E-state index is 0.0492. The fourth-order valence-electron chi connectivity index (χ4n) is 1.45. The van der Waals surface area contributed by atoms with Gasteiger partial charge in [-0.3, -0.25) is 4.79 Å². The molecule has 0 aliphatic rings. The van der Waals surface area contributed by atoms with E-state index in [4.69, 9.17) is 14.6 Å². The molecule has 0 aliphatic carbocycles. The second kappa shape index (κ2) is 6.74. The summed E-state index contributed by atoms with van der Waals surface area (Å²) in [5, 5.41) is 11.6. The highest BCUT2D eigenvalue weighted by molar-refractivity contribution is 5.67. The van der Waals surface area contributed by atoms with Gasteiger partial charge in [0.1, 0.15) is 0 Å². The third kappa shape index (κ3) is 4.53. The second-order valence-electron chi connectivity index (χ2n) is 4.10. The highest BCUT2D eigenvalue weighted by atomic mass is 16.5. The summed E-state index contributed by atoms with van der Waals surface area (Å²) in [6, 6.07) is 5.43. The van der Waals surface area contributed by atoms with E-state index in [0.29, 0.717) is 18.0 Å². The lowest BCUT2D eigenvalue weighted by Gasteiger charge is -2.15. The third-order valence-corrected chi connectivity index (χ3v) is 2.19. The molecule has 5 heteroatoms. The normalized spacial score (nSPS) is 10.2. The van der Waals surface area contributed by atoms with Gasteiger partial charge in [-0.2, -0.15) is 0 Å². The van der Waals surface area contributed by atoms with E-state index < -0.39 is 5.97 Å². The molecule has 0 unspecified atom stereocenters. The summed E-state index contributed by atoms with van der Waals surface area (Å²) in [7, 11) is 1.58. The van der Waals surface area contributed by atoms with Crippen LogP contribution in [0.5, 0.6) is 11.5 Å². The Morgan fingerprint density at radius 1 is 1.39 bits per heavy atom. The van der Waals surface area contributed by atoms with Crippen molar-refractivity contribution in [3.8, 4) is 11.5 Å². The van der Waals surface area contributed by atoms with Crippen molar-refractivity contribution >= 4 is 11.7 Å². The Balaban J connectivity index is 2.72. The van der Waals surface area contributed by atoms with E-state index in [1.54, 1.807) is 19.2 Å². The number of rotatable bonds is 7. The Morgan fingerprint density at radius 2 is 2.11 bits per heavy atom. The van der Waals surface area contributed by atoms with Crippen LogP contribution in [0.2, 0.25) is 0 Å². The van der Waals surface area contributed by atoms with Gasteiger partial charge in [0.2, 0.25) is 0 Å². The predicted octanol–water partition coefficient (Wildman–Crippen LogP) is 2.37. The molecule has 0 fully saturated rings. The first-order chi connectivity index (χ1) is 8.52. The van der Waals surface area contributed by atoms with E-state index in [-0.39, 0.29) is 12.5 Å². The highest BCUT2D eigenvalue weighted by Crippen LogP contribution is 2.30. The summed E-state index contributed by atoms with van der Waals surface area (Å²) in [5.74, 6) is 0.481. The summed E-state index contributed by atoms with van der Waals surface area (Å²) < 4.78 is 10.8. The Labute approximate surface area is 107 Å². The van der Waals surface area contributed by atoms with E-state index in [0.717, 1.165) is 5.69 Å². The Bertz CT molecular complexity index is 404. The Kier molecular flexibility index (Phi) is 5.30. The molecule has 0 spiro atoms. The van der Waals surface area contributed by atoms with Crippen LogP contribution >= 0.6 is 0 Å². The molecule has 0 atom stereocenters. The van der Waals surface area contributed by atoms with Gasteiger partial charge >= 0.3 is 5.97 Å². The van der Waals surface area contributed by atoms with Gasteiger partial charge in [0.05, 0.1) is 19.6 Å². The molecule has 1 aromatic rings. The highest BCUT2D eigenvalue weighted by Gasteiger charge is 2.07. The van der Waals surface area contributed by atoms with Gasteiger partial charge in [-0.25, -0.2) is 0 Å². The molecule has 2 N–H and O–H groups in total. The zero-order valence-corrected chi connectivity index (χ0v) is 10.9. The minimum atomic E-state index is -0.824. The van der Waals surface area contributed by atoms with Crippen LogP contribution in [-0.4, -0.2) is 30.8 Å². The standard InChI is InChI=1S/C13H19NO4/c1-9(2)18-12-8-10(4-5-11(12)17-3)14-7-6-13(15)16/h4-5,8-9,14H,6-7H2,1-3H3,(H,15,16). The largest absolute Gasteiger partial charge is 0.493 e. The van der Waals surface area contributed by atoms with Crippen molar-refractivity contribution in [3.05, 3.63) is 18.2 Å². The van der Waals surface area contributed by atoms with E-state index in [1.165, 1.54) is 0 Å². The number of nitrogens with one attached hydrogen (secondary N) is 1. The topological polar surface area (TPSA) is 67.8 Å². The molecule has 5 nitrogen and oxygen atoms in total. The quantitative estimate of drug-likeness (QED) is 0.780. The lowest BCUT2D eigenvalue weighted by molar-refractivity contribution is -0.136. The molecule has 0 amide bonds. The number of hydrogen-bond acceptors (Lipinski definition) is 4. The van der Waals surface area contributed by atoms with Crippen molar-refractivity contribution in [1.82, 2.24) is 0 Å². The molecule has 1 aromatic carbocycles. The van der Waals surface area contributed by atoms with Gasteiger partial charge in [0.15, 0.2) is 11.5 Å². The van der Waals surface area contributed by atoms with Crippen LogP contribution in [0.25, 0.3) is 0 Å². The number of benzene rings is 1. The number of carbonyl (C=O) groups is 1. The maximum atomic E-state index is 10.4. The van der Waals surface area contributed by atoms with E-state index >= 15 is 0 Å². The molecule has 0 saturated carbocycles. The minimum Gasteiger partial charge on any atom is -0.493 e. The molecule has 0 saturated heterocycles. The van der Waals surface area contributed by atoms with E-state index in [2.05, 4.69) is 5.32 Å². The van der Waals surface area contributed by atoms with E-state index in [1.807, 2.05) is 19.9 Å². The van der Waals surface area contributed by atoms with Gasteiger partial charge in [0.25, 0.3) is 0 Å². The lowest BCUT2D eigenvalue weighted by atomic mass is 10.2. The number of anilines is 1. The summed E-state index contributed by atoms with van der Waals surface area (Å²) in [5.41, 5.74) is 0.813. The van der Waals surface area contributed by atoms with Gasteiger partial charge in [-0.1, -0.05) is 0 Å². The zero-order chi connectivity index (χ0) is 13.5. The van der Waals surface area contributed by atoms with Crippen LogP contribution in [0.3, 0.4) is 0 Å². The Morgan fingerprint density at radius 3 is 2.67 bits per heavy atom. The fraction of sp³-hybridized carbons (Fsp3) is 0.462. The number of hydrogen-bond donors (Lipinski definition) is 2. The summed E-state index contributed by atoms with van der Waals surface area (Å²) in [4.78, 5) is 10.4. The molecule has 100 valence electrons. The van der Waals surface area contributed by atoms with Crippen LogP contribution in [0.1, 0.15) is 20.3 Å². The first kappa shape index (κ1) is 14.2. The lowest BCUT2D eigenvalue weighted by Crippen LogP contribution is -2.09. The first-order valence-corrected chi connectivity index (χ1v) is 5.83. The molecule has 0 aliphatic heterocycles.